The second-order valence-electron chi connectivity index (χ2n) is 4.30. The number of halogens is 4. The van der Waals surface area contributed by atoms with Gasteiger partial charge in [-0.1, -0.05) is 12.1 Å². The van der Waals surface area contributed by atoms with E-state index < -0.39 is 11.8 Å². The second-order valence-corrected chi connectivity index (χ2v) is 7.54. The SMILES string of the molecule is NC(=O)c1cccc(-c2cc(Br)c(Br)c(Br)c2Br)c1C(N)=O. The molecule has 2 aromatic rings. The zero-order chi connectivity index (χ0) is 16.6. The van der Waals surface area contributed by atoms with E-state index in [0.717, 1.165) is 13.4 Å². The summed E-state index contributed by atoms with van der Waals surface area (Å²) < 4.78 is 3.07. The molecule has 0 aromatic heterocycles. The maximum atomic E-state index is 11.8. The Kier molecular flexibility index (Phi) is 5.47. The number of carbonyl (C=O) groups excluding carboxylic acids is 2. The second kappa shape index (κ2) is 6.82. The first-order valence-electron chi connectivity index (χ1n) is 5.81. The van der Waals surface area contributed by atoms with Crippen LogP contribution in [0.3, 0.4) is 0 Å². The van der Waals surface area contributed by atoms with Crippen LogP contribution in [0.2, 0.25) is 0 Å². The predicted molar refractivity (Wildman–Crippen MR) is 99.7 cm³/mol. The lowest BCUT2D eigenvalue weighted by atomic mass is 9.94. The van der Waals surface area contributed by atoms with E-state index in [-0.39, 0.29) is 11.1 Å². The highest BCUT2D eigenvalue weighted by Crippen LogP contribution is 2.43. The van der Waals surface area contributed by atoms with Gasteiger partial charge in [-0.3, -0.25) is 9.59 Å². The van der Waals surface area contributed by atoms with E-state index in [0.29, 0.717) is 15.6 Å². The molecule has 0 atom stereocenters. The van der Waals surface area contributed by atoms with Crippen LogP contribution in [0.15, 0.2) is 42.2 Å². The zero-order valence-electron chi connectivity index (χ0n) is 10.8. The average molecular weight is 556 g/mol. The molecule has 0 spiro atoms. The largest absolute Gasteiger partial charge is 0.366 e. The number of hydrogen-bond donors (Lipinski definition) is 2. The Morgan fingerprint density at radius 2 is 1.45 bits per heavy atom. The maximum absolute atomic E-state index is 11.8. The maximum Gasteiger partial charge on any atom is 0.250 e. The number of amides is 2. The molecule has 22 heavy (non-hydrogen) atoms. The van der Waals surface area contributed by atoms with Gasteiger partial charge in [-0.15, -0.1) is 0 Å². The first-order chi connectivity index (χ1) is 10.3. The lowest BCUT2D eigenvalue weighted by molar-refractivity contribution is 0.0968. The third-order valence-corrected chi connectivity index (χ3v) is 7.63. The Labute approximate surface area is 160 Å². The van der Waals surface area contributed by atoms with E-state index >= 15 is 0 Å². The molecule has 0 aliphatic heterocycles. The van der Waals surface area contributed by atoms with Crippen molar-refractivity contribution in [2.45, 2.75) is 0 Å². The van der Waals surface area contributed by atoms with Crippen LogP contribution in [-0.4, -0.2) is 11.8 Å². The van der Waals surface area contributed by atoms with Crippen LogP contribution in [0.5, 0.6) is 0 Å². The molecule has 0 saturated heterocycles. The molecule has 114 valence electrons. The Balaban J connectivity index is 2.87. The summed E-state index contributed by atoms with van der Waals surface area (Å²) in [4.78, 5) is 23.4. The molecule has 0 heterocycles. The molecule has 0 aliphatic rings. The van der Waals surface area contributed by atoms with Gasteiger partial charge in [0, 0.05) is 17.9 Å². The third kappa shape index (κ3) is 3.15. The molecule has 0 aliphatic carbocycles. The van der Waals surface area contributed by atoms with Crippen LogP contribution in [-0.2, 0) is 0 Å². The minimum atomic E-state index is -0.716. The van der Waals surface area contributed by atoms with E-state index in [1.54, 1.807) is 12.1 Å². The molecule has 0 unspecified atom stereocenters. The fourth-order valence-electron chi connectivity index (χ4n) is 2.02. The lowest BCUT2D eigenvalue weighted by Crippen LogP contribution is -2.21. The number of carbonyl (C=O) groups is 2. The summed E-state index contributed by atoms with van der Waals surface area (Å²) in [6, 6.07) is 6.64. The van der Waals surface area contributed by atoms with E-state index in [1.807, 2.05) is 6.07 Å². The molecule has 2 amide bonds. The van der Waals surface area contributed by atoms with E-state index in [1.165, 1.54) is 6.07 Å². The Bertz CT molecular complexity index is 806. The van der Waals surface area contributed by atoms with Crippen molar-refractivity contribution in [1.82, 2.24) is 0 Å². The molecule has 2 aromatic carbocycles. The smallest absolute Gasteiger partial charge is 0.250 e. The summed E-state index contributed by atoms with van der Waals surface area (Å²) >= 11 is 13.8. The van der Waals surface area contributed by atoms with Crippen molar-refractivity contribution in [2.24, 2.45) is 11.5 Å². The van der Waals surface area contributed by atoms with Crippen molar-refractivity contribution < 1.29 is 9.59 Å². The standard InChI is InChI=1S/C14H8Br4N2O2/c15-8-4-7(10(16)12(18)11(8)17)5-2-1-3-6(13(19)21)9(5)14(20)22/h1-4H,(H2,19,21)(H2,20,22). The fraction of sp³-hybridized carbons (Fsp3) is 0. The highest BCUT2D eigenvalue weighted by atomic mass is 79.9. The Morgan fingerprint density at radius 3 is 2.00 bits per heavy atom. The van der Waals surface area contributed by atoms with Gasteiger partial charge in [0.05, 0.1) is 11.1 Å². The summed E-state index contributed by atoms with van der Waals surface area (Å²) in [5.74, 6) is -1.42. The van der Waals surface area contributed by atoms with Crippen molar-refractivity contribution >= 4 is 75.5 Å². The number of primary amides is 2. The lowest BCUT2D eigenvalue weighted by Gasteiger charge is -2.14. The van der Waals surface area contributed by atoms with Gasteiger partial charge >= 0.3 is 0 Å². The van der Waals surface area contributed by atoms with Crippen LogP contribution in [0.25, 0.3) is 11.1 Å². The molecular weight excluding hydrogens is 548 g/mol. The van der Waals surface area contributed by atoms with Crippen molar-refractivity contribution in [3.63, 3.8) is 0 Å². The number of nitrogens with two attached hydrogens (primary N) is 2. The molecular formula is C14H8Br4N2O2. The van der Waals surface area contributed by atoms with Gasteiger partial charge < -0.3 is 11.5 Å². The highest BCUT2D eigenvalue weighted by Gasteiger charge is 2.21. The quantitative estimate of drug-likeness (QED) is 0.428. The van der Waals surface area contributed by atoms with Crippen molar-refractivity contribution in [1.29, 1.82) is 0 Å². The van der Waals surface area contributed by atoms with Gasteiger partial charge in [-0.05, 0) is 87.0 Å². The molecule has 4 nitrogen and oxygen atoms in total. The van der Waals surface area contributed by atoms with Crippen LogP contribution in [0.4, 0.5) is 0 Å². The molecule has 0 saturated carbocycles. The molecule has 4 N–H and O–H groups in total. The highest BCUT2D eigenvalue weighted by molar-refractivity contribution is 9.15. The van der Waals surface area contributed by atoms with Gasteiger partial charge in [0.25, 0.3) is 0 Å². The number of benzene rings is 2. The number of hydrogen-bond acceptors (Lipinski definition) is 2. The molecule has 0 bridgehead atoms. The summed E-state index contributed by atoms with van der Waals surface area (Å²) in [6.45, 7) is 0. The van der Waals surface area contributed by atoms with Crippen LogP contribution in [0.1, 0.15) is 20.7 Å². The van der Waals surface area contributed by atoms with Crippen molar-refractivity contribution in [3.05, 3.63) is 53.3 Å². The van der Waals surface area contributed by atoms with Gasteiger partial charge in [0.15, 0.2) is 0 Å². The van der Waals surface area contributed by atoms with Gasteiger partial charge in [-0.2, -0.15) is 0 Å². The molecule has 2 rings (SSSR count). The fourth-order valence-corrected chi connectivity index (χ4v) is 4.24. The van der Waals surface area contributed by atoms with Gasteiger partial charge in [0.2, 0.25) is 11.8 Å². The van der Waals surface area contributed by atoms with E-state index in [9.17, 15) is 9.59 Å². The normalized spacial score (nSPS) is 10.5. The van der Waals surface area contributed by atoms with E-state index in [4.69, 9.17) is 11.5 Å². The van der Waals surface area contributed by atoms with Crippen molar-refractivity contribution in [2.75, 3.05) is 0 Å². The van der Waals surface area contributed by atoms with Gasteiger partial charge in [0.1, 0.15) is 0 Å². The topological polar surface area (TPSA) is 86.2 Å². The minimum Gasteiger partial charge on any atom is -0.366 e. The summed E-state index contributed by atoms with van der Waals surface area (Å²) in [6.07, 6.45) is 0. The van der Waals surface area contributed by atoms with Gasteiger partial charge in [-0.25, -0.2) is 0 Å². The summed E-state index contributed by atoms with van der Waals surface area (Å²) in [5, 5.41) is 0. The average Bonchev–Trinajstić information content (AvgIpc) is 2.47. The first kappa shape index (κ1) is 17.7. The predicted octanol–water partition coefficient (Wildman–Crippen LogP) is 4.60. The molecule has 0 fully saturated rings. The van der Waals surface area contributed by atoms with E-state index in [2.05, 4.69) is 63.7 Å². The van der Waals surface area contributed by atoms with Crippen LogP contribution < -0.4 is 11.5 Å². The monoisotopic (exact) mass is 552 g/mol. The Morgan fingerprint density at radius 1 is 0.818 bits per heavy atom. The minimum absolute atomic E-state index is 0.0899. The third-order valence-electron chi connectivity index (χ3n) is 2.97. The summed E-state index contributed by atoms with van der Waals surface area (Å²) in [5.41, 5.74) is 12.2. The molecule has 0 radical (unpaired) electrons. The Hall–Kier alpha value is -0.700. The summed E-state index contributed by atoms with van der Waals surface area (Å²) in [7, 11) is 0. The van der Waals surface area contributed by atoms with Crippen LogP contribution in [0, 0.1) is 0 Å². The molecule has 8 heteroatoms. The van der Waals surface area contributed by atoms with Crippen LogP contribution >= 0.6 is 63.7 Å². The zero-order valence-corrected chi connectivity index (χ0v) is 17.1. The number of rotatable bonds is 3. The van der Waals surface area contributed by atoms with Crippen molar-refractivity contribution in [3.8, 4) is 11.1 Å². The first-order valence-corrected chi connectivity index (χ1v) is 8.98.